The van der Waals surface area contributed by atoms with Crippen LogP contribution in [0.25, 0.3) is 0 Å². The number of hydrogen-bond donors (Lipinski definition) is 7. The van der Waals surface area contributed by atoms with Crippen LogP contribution < -0.4 is 5.32 Å². The molecule has 0 aromatic heterocycles. The lowest BCUT2D eigenvalue weighted by atomic mass is 9.99. The van der Waals surface area contributed by atoms with Crippen LogP contribution in [0, 0.1) is 5.82 Å². The first-order chi connectivity index (χ1) is 18.6. The molecule has 0 aliphatic carbocycles. The van der Waals surface area contributed by atoms with E-state index in [9.17, 15) is 39.8 Å². The highest BCUT2D eigenvalue weighted by Gasteiger charge is 2.44. The smallest absolute Gasteiger partial charge is 0.220 e. The molecule has 39 heavy (non-hydrogen) atoms. The molecule has 2 rings (SSSR count). The number of ether oxygens (including phenoxy) is 2. The Balaban J connectivity index is 1.62. The minimum atomic E-state index is -1.61. The van der Waals surface area contributed by atoms with Gasteiger partial charge in [-0.15, -0.1) is 0 Å². The van der Waals surface area contributed by atoms with E-state index in [0.717, 1.165) is 56.9 Å². The molecule has 1 fully saturated rings. The fourth-order valence-corrected chi connectivity index (χ4v) is 4.57. The number of nitrogens with one attached hydrogen (secondary N) is 1. The maximum Gasteiger partial charge on any atom is 0.220 e. The van der Waals surface area contributed by atoms with Gasteiger partial charge in [0.1, 0.15) is 36.3 Å². The second-order valence-electron chi connectivity index (χ2n) is 10.4. The van der Waals surface area contributed by atoms with E-state index in [0.29, 0.717) is 6.42 Å². The van der Waals surface area contributed by atoms with Crippen molar-refractivity contribution in [2.45, 2.75) is 120 Å². The van der Waals surface area contributed by atoms with E-state index in [2.05, 4.69) is 5.32 Å². The van der Waals surface area contributed by atoms with Crippen molar-refractivity contribution < 1.29 is 49.3 Å². The van der Waals surface area contributed by atoms with Gasteiger partial charge in [0.05, 0.1) is 25.4 Å². The van der Waals surface area contributed by atoms with Gasteiger partial charge in [0.2, 0.25) is 5.91 Å². The van der Waals surface area contributed by atoms with Gasteiger partial charge in [-0.2, -0.15) is 0 Å². The highest BCUT2D eigenvalue weighted by molar-refractivity contribution is 5.76. The summed E-state index contributed by atoms with van der Waals surface area (Å²) in [6.07, 6.45) is -0.582. The van der Waals surface area contributed by atoms with Crippen LogP contribution in [0.3, 0.4) is 0 Å². The number of amides is 1. The van der Waals surface area contributed by atoms with Crippen molar-refractivity contribution >= 4 is 5.91 Å². The minimum absolute atomic E-state index is 0.214. The molecule has 8 atom stereocenters. The Morgan fingerprint density at radius 1 is 0.949 bits per heavy atom. The van der Waals surface area contributed by atoms with E-state index in [1.165, 1.54) is 19.1 Å². The standard InChI is InChI=1S/C28H46FNO9/c1-18(32)24(34)21(17-38-28-27(37)26(36)25(35)22(16-31)39-28)30-23(33)11-9-7-5-3-2-4-6-8-10-19-12-14-20(29)15-13-19/h12-15,18,21-22,24-28,31-32,34-37H,2-11,16-17H2,1H3,(H,30,33)/t18-,21+,22?,24-,25-,26?,27?,28+/m1/s1. The number of hydrogen-bond acceptors (Lipinski definition) is 9. The van der Waals surface area contributed by atoms with Crippen LogP contribution in [0.2, 0.25) is 0 Å². The molecule has 1 aromatic carbocycles. The number of aliphatic hydroxyl groups is 6. The number of unbranched alkanes of at least 4 members (excludes halogenated alkanes) is 7. The number of halogens is 1. The van der Waals surface area contributed by atoms with Crippen LogP contribution in [-0.4, -0.2) is 98.7 Å². The summed E-state index contributed by atoms with van der Waals surface area (Å²) in [4.78, 5) is 12.5. The predicted octanol–water partition coefficient (Wildman–Crippen LogP) is 0.922. The first kappa shape index (κ1) is 33.5. The van der Waals surface area contributed by atoms with E-state index in [4.69, 9.17) is 9.47 Å². The fraction of sp³-hybridized carbons (Fsp3) is 0.750. The van der Waals surface area contributed by atoms with Crippen LogP contribution >= 0.6 is 0 Å². The van der Waals surface area contributed by atoms with Gasteiger partial charge in [-0.3, -0.25) is 4.79 Å². The molecule has 10 nitrogen and oxygen atoms in total. The van der Waals surface area contributed by atoms with Gasteiger partial charge in [0, 0.05) is 6.42 Å². The average molecular weight is 560 g/mol. The third-order valence-electron chi connectivity index (χ3n) is 7.07. The number of aryl methyl sites for hydroxylation is 1. The van der Waals surface area contributed by atoms with E-state index in [1.807, 2.05) is 12.1 Å². The zero-order valence-corrected chi connectivity index (χ0v) is 22.7. The maximum atomic E-state index is 12.9. The van der Waals surface area contributed by atoms with Crippen molar-refractivity contribution in [3.05, 3.63) is 35.6 Å². The molecule has 0 spiro atoms. The monoisotopic (exact) mass is 559 g/mol. The summed E-state index contributed by atoms with van der Waals surface area (Å²) >= 11 is 0. The maximum absolute atomic E-state index is 12.9. The SMILES string of the molecule is C[C@@H](O)[C@@H](O)[C@H](CO[C@H]1OC(CO)[C@@H](O)C(O)C1O)NC(=O)CCCCCCCCCCc1ccc(F)cc1. The second-order valence-corrected chi connectivity index (χ2v) is 10.4. The number of rotatable bonds is 18. The van der Waals surface area contributed by atoms with Crippen molar-refractivity contribution in [1.29, 1.82) is 0 Å². The van der Waals surface area contributed by atoms with Crippen LogP contribution in [0.4, 0.5) is 4.39 Å². The average Bonchev–Trinajstić information content (AvgIpc) is 2.92. The van der Waals surface area contributed by atoms with Gasteiger partial charge < -0.3 is 45.4 Å². The van der Waals surface area contributed by atoms with Crippen LogP contribution in [0.5, 0.6) is 0 Å². The van der Waals surface area contributed by atoms with E-state index < -0.39 is 55.6 Å². The van der Waals surface area contributed by atoms with Crippen LogP contribution in [0.1, 0.15) is 70.3 Å². The van der Waals surface area contributed by atoms with Crippen molar-refractivity contribution in [3.8, 4) is 0 Å². The van der Waals surface area contributed by atoms with Crippen LogP contribution in [0.15, 0.2) is 24.3 Å². The summed E-state index contributed by atoms with van der Waals surface area (Å²) in [7, 11) is 0. The largest absolute Gasteiger partial charge is 0.394 e. The Kier molecular flexibility index (Phi) is 15.4. The molecule has 0 saturated carbocycles. The van der Waals surface area contributed by atoms with Gasteiger partial charge in [-0.05, 0) is 43.9 Å². The van der Waals surface area contributed by atoms with Gasteiger partial charge in [-0.25, -0.2) is 4.39 Å². The minimum Gasteiger partial charge on any atom is -0.394 e. The highest BCUT2D eigenvalue weighted by Crippen LogP contribution is 2.22. The normalized spacial score (nSPS) is 25.7. The van der Waals surface area contributed by atoms with Crippen molar-refractivity contribution in [2.75, 3.05) is 13.2 Å². The van der Waals surface area contributed by atoms with Gasteiger partial charge >= 0.3 is 0 Å². The molecular weight excluding hydrogens is 513 g/mol. The number of carbonyl (C=O) groups is 1. The summed E-state index contributed by atoms with van der Waals surface area (Å²) in [5, 5.41) is 62.0. The molecule has 1 aromatic rings. The molecule has 1 amide bonds. The molecule has 1 heterocycles. The number of benzene rings is 1. The first-order valence-electron chi connectivity index (χ1n) is 14.0. The molecule has 0 radical (unpaired) electrons. The predicted molar refractivity (Wildman–Crippen MR) is 141 cm³/mol. The molecule has 1 aliphatic rings. The Labute approximate surface area is 229 Å². The summed E-state index contributed by atoms with van der Waals surface area (Å²) < 4.78 is 23.7. The highest BCUT2D eigenvalue weighted by atomic mass is 19.1. The summed E-state index contributed by atoms with van der Waals surface area (Å²) in [6.45, 7) is 0.404. The first-order valence-corrected chi connectivity index (χ1v) is 14.0. The lowest BCUT2D eigenvalue weighted by Crippen LogP contribution is -2.60. The fourth-order valence-electron chi connectivity index (χ4n) is 4.57. The van der Waals surface area contributed by atoms with Crippen molar-refractivity contribution in [2.24, 2.45) is 0 Å². The molecule has 1 saturated heterocycles. The van der Waals surface area contributed by atoms with E-state index >= 15 is 0 Å². The zero-order chi connectivity index (χ0) is 28.8. The van der Waals surface area contributed by atoms with E-state index in [1.54, 1.807) is 0 Å². The zero-order valence-electron chi connectivity index (χ0n) is 22.7. The number of carbonyl (C=O) groups excluding carboxylic acids is 1. The molecule has 1 aliphatic heterocycles. The van der Waals surface area contributed by atoms with Crippen molar-refractivity contribution in [1.82, 2.24) is 5.32 Å². The molecule has 7 N–H and O–H groups in total. The van der Waals surface area contributed by atoms with Crippen molar-refractivity contribution in [3.63, 3.8) is 0 Å². The van der Waals surface area contributed by atoms with Crippen LogP contribution in [-0.2, 0) is 20.7 Å². The Morgan fingerprint density at radius 2 is 1.54 bits per heavy atom. The molecule has 11 heteroatoms. The molecular formula is C28H46FNO9. The Morgan fingerprint density at radius 3 is 2.13 bits per heavy atom. The molecule has 224 valence electrons. The summed E-state index contributed by atoms with van der Waals surface area (Å²) in [5.41, 5.74) is 1.15. The summed E-state index contributed by atoms with van der Waals surface area (Å²) in [6, 6.07) is 5.62. The quantitative estimate of drug-likeness (QED) is 0.129. The number of aliphatic hydroxyl groups excluding tert-OH is 6. The third kappa shape index (κ3) is 11.7. The second kappa shape index (κ2) is 17.9. The topological polar surface area (TPSA) is 169 Å². The lowest BCUT2D eigenvalue weighted by molar-refractivity contribution is -0.303. The lowest BCUT2D eigenvalue weighted by Gasteiger charge is -2.40. The molecule has 0 bridgehead atoms. The van der Waals surface area contributed by atoms with Gasteiger partial charge in [-0.1, -0.05) is 50.7 Å². The molecule has 3 unspecified atom stereocenters. The summed E-state index contributed by atoms with van der Waals surface area (Å²) in [5.74, 6) is -0.535. The van der Waals surface area contributed by atoms with Gasteiger partial charge in [0.15, 0.2) is 6.29 Å². The van der Waals surface area contributed by atoms with Gasteiger partial charge in [0.25, 0.3) is 0 Å². The third-order valence-corrected chi connectivity index (χ3v) is 7.07. The Hall–Kier alpha value is -1.70. The van der Waals surface area contributed by atoms with E-state index in [-0.39, 0.29) is 24.8 Å². The Bertz CT molecular complexity index is 811.